The van der Waals surface area contributed by atoms with Crippen LogP contribution in [0.25, 0.3) is 0 Å². The SMILES string of the molecule is CCOC(=O)C=P. The van der Waals surface area contributed by atoms with Crippen molar-refractivity contribution in [3.63, 3.8) is 0 Å². The van der Waals surface area contributed by atoms with Crippen molar-refractivity contribution in [1.82, 2.24) is 0 Å². The first kappa shape index (κ1) is 6.64. The fourth-order valence-electron chi connectivity index (χ4n) is 0.184. The Balaban J connectivity index is 3.17. The Morgan fingerprint density at radius 2 is 2.57 bits per heavy atom. The van der Waals surface area contributed by atoms with E-state index in [1.165, 1.54) is 5.80 Å². The summed E-state index contributed by atoms with van der Waals surface area (Å²) < 4.78 is 4.45. The number of hydrogen-bond acceptors (Lipinski definition) is 2. The lowest BCUT2D eigenvalue weighted by molar-refractivity contribution is -0.134. The van der Waals surface area contributed by atoms with E-state index in [9.17, 15) is 4.79 Å². The maximum absolute atomic E-state index is 10.1. The van der Waals surface area contributed by atoms with Gasteiger partial charge in [0, 0.05) is 5.80 Å². The van der Waals surface area contributed by atoms with Crippen LogP contribution in [0.3, 0.4) is 0 Å². The lowest BCUT2D eigenvalue weighted by Gasteiger charge is -1.90. The lowest BCUT2D eigenvalue weighted by atomic mass is 10.8. The Bertz CT molecular complexity index is 79.8. The van der Waals surface area contributed by atoms with Crippen molar-refractivity contribution in [3.8, 4) is 0 Å². The highest BCUT2D eigenvalue weighted by Gasteiger charge is 1.87. The van der Waals surface area contributed by atoms with Gasteiger partial charge in [0.25, 0.3) is 0 Å². The highest BCUT2D eigenvalue weighted by molar-refractivity contribution is 7.21. The monoisotopic (exact) mass is 118 g/mol. The van der Waals surface area contributed by atoms with E-state index in [0.29, 0.717) is 6.61 Å². The molecule has 7 heavy (non-hydrogen) atoms. The smallest absolute Gasteiger partial charge is 0.334 e. The number of carbonyl (C=O) groups is 1. The van der Waals surface area contributed by atoms with E-state index < -0.39 is 0 Å². The second-order valence-corrected chi connectivity index (χ2v) is 1.19. The minimum atomic E-state index is -0.334. The molecule has 0 aliphatic heterocycles. The standard InChI is InChI=1S/C4H7O2P/c1-2-6-4(5)3-7/h3,7H,2H2,1H3. The summed E-state index contributed by atoms with van der Waals surface area (Å²) in [7, 11) is 2.86. The minimum absolute atomic E-state index is 0.334. The zero-order valence-corrected chi connectivity index (χ0v) is 5.10. The van der Waals surface area contributed by atoms with Crippen LogP contribution in [0.4, 0.5) is 0 Å². The summed E-state index contributed by atoms with van der Waals surface area (Å²) in [5, 5.41) is 0. The Morgan fingerprint density at radius 3 is 2.71 bits per heavy atom. The van der Waals surface area contributed by atoms with E-state index in [1.54, 1.807) is 6.92 Å². The van der Waals surface area contributed by atoms with Crippen LogP contribution in [0, 0.1) is 0 Å². The Hall–Kier alpha value is -0.360. The van der Waals surface area contributed by atoms with Crippen LogP contribution in [0.2, 0.25) is 0 Å². The van der Waals surface area contributed by atoms with Crippen molar-refractivity contribution in [2.24, 2.45) is 0 Å². The molecule has 0 aliphatic carbocycles. The molecular weight excluding hydrogens is 111 g/mol. The highest BCUT2D eigenvalue weighted by Crippen LogP contribution is 1.71. The third kappa shape index (κ3) is 3.47. The second-order valence-electron chi connectivity index (χ2n) is 0.896. The van der Waals surface area contributed by atoms with Gasteiger partial charge < -0.3 is 4.74 Å². The van der Waals surface area contributed by atoms with E-state index in [0.717, 1.165) is 0 Å². The van der Waals surface area contributed by atoms with Crippen molar-refractivity contribution in [3.05, 3.63) is 0 Å². The zero-order valence-electron chi connectivity index (χ0n) is 4.10. The topological polar surface area (TPSA) is 26.3 Å². The zero-order chi connectivity index (χ0) is 5.70. The molecule has 0 unspecified atom stereocenters. The fourth-order valence-corrected chi connectivity index (χ4v) is 0.267. The molecule has 0 amide bonds. The first-order valence-electron chi connectivity index (χ1n) is 1.98. The predicted octanol–water partition coefficient (Wildman–Crippen LogP) is 0.494. The average molecular weight is 118 g/mol. The molecule has 40 valence electrons. The van der Waals surface area contributed by atoms with Gasteiger partial charge in [-0.25, -0.2) is 4.79 Å². The molecule has 0 aromatic carbocycles. The average Bonchev–Trinajstić information content (AvgIpc) is 1.68. The summed E-state index contributed by atoms with van der Waals surface area (Å²) in [4.78, 5) is 10.1. The first-order valence-corrected chi connectivity index (χ1v) is 2.56. The fraction of sp³-hybridized carbons (Fsp3) is 0.500. The minimum Gasteiger partial charge on any atom is -0.463 e. The van der Waals surface area contributed by atoms with Gasteiger partial charge in [-0.1, -0.05) is 0 Å². The molecular formula is C4H7O2P. The quantitative estimate of drug-likeness (QED) is 0.389. The normalized spacial score (nSPS) is 7.57. The van der Waals surface area contributed by atoms with Crippen LogP contribution >= 0.6 is 8.86 Å². The van der Waals surface area contributed by atoms with Gasteiger partial charge in [-0.3, -0.25) is 0 Å². The van der Waals surface area contributed by atoms with Gasteiger partial charge in [-0.2, -0.15) is 0 Å². The van der Waals surface area contributed by atoms with Gasteiger partial charge in [0.15, 0.2) is 0 Å². The molecule has 3 heteroatoms. The van der Waals surface area contributed by atoms with Crippen molar-refractivity contribution < 1.29 is 9.53 Å². The van der Waals surface area contributed by atoms with Crippen LogP contribution in [-0.4, -0.2) is 18.4 Å². The Labute approximate surface area is 44.7 Å². The van der Waals surface area contributed by atoms with Crippen LogP contribution in [0.5, 0.6) is 0 Å². The van der Waals surface area contributed by atoms with E-state index in [-0.39, 0.29) is 5.97 Å². The van der Waals surface area contributed by atoms with Gasteiger partial charge in [0.2, 0.25) is 0 Å². The number of carbonyl (C=O) groups excluding carboxylic acids is 1. The van der Waals surface area contributed by atoms with Gasteiger partial charge in [0.1, 0.15) is 0 Å². The lowest BCUT2D eigenvalue weighted by Crippen LogP contribution is -2.01. The van der Waals surface area contributed by atoms with E-state index in [2.05, 4.69) is 13.6 Å². The number of esters is 1. The molecule has 0 bridgehead atoms. The maximum Gasteiger partial charge on any atom is 0.334 e. The molecule has 0 saturated carbocycles. The highest BCUT2D eigenvalue weighted by atomic mass is 31.0. The van der Waals surface area contributed by atoms with Gasteiger partial charge >= 0.3 is 5.97 Å². The number of ether oxygens (including phenoxy) is 1. The molecule has 0 radical (unpaired) electrons. The van der Waals surface area contributed by atoms with E-state index in [1.807, 2.05) is 0 Å². The van der Waals surface area contributed by atoms with Gasteiger partial charge in [-0.05, 0) is 6.92 Å². The summed E-state index contributed by atoms with van der Waals surface area (Å²) in [6.07, 6.45) is 0. The van der Waals surface area contributed by atoms with Crippen LogP contribution in [0.1, 0.15) is 6.92 Å². The predicted molar refractivity (Wildman–Crippen MR) is 31.0 cm³/mol. The molecule has 0 aromatic rings. The van der Waals surface area contributed by atoms with Crippen LogP contribution in [-0.2, 0) is 9.53 Å². The van der Waals surface area contributed by atoms with E-state index >= 15 is 0 Å². The van der Waals surface area contributed by atoms with Crippen molar-refractivity contribution in [2.75, 3.05) is 6.61 Å². The summed E-state index contributed by atoms with van der Waals surface area (Å²) in [6.45, 7) is 2.19. The molecule has 0 N–H and O–H groups in total. The molecule has 0 aliphatic rings. The molecule has 0 spiro atoms. The van der Waals surface area contributed by atoms with Gasteiger partial charge in [-0.15, -0.1) is 8.86 Å². The molecule has 0 fully saturated rings. The molecule has 0 saturated heterocycles. The third-order valence-corrected chi connectivity index (χ3v) is 0.640. The van der Waals surface area contributed by atoms with Crippen LogP contribution in [0.15, 0.2) is 0 Å². The summed E-state index contributed by atoms with van der Waals surface area (Å²) >= 11 is 0. The molecule has 0 heterocycles. The summed E-state index contributed by atoms with van der Waals surface area (Å²) in [5.41, 5.74) is 0. The maximum atomic E-state index is 10.1. The molecule has 0 atom stereocenters. The Morgan fingerprint density at radius 1 is 2.00 bits per heavy atom. The van der Waals surface area contributed by atoms with Gasteiger partial charge in [0.05, 0.1) is 6.61 Å². The summed E-state index contributed by atoms with van der Waals surface area (Å²) in [6, 6.07) is 0. The molecule has 0 aromatic heterocycles. The number of hydrogen-bond donors (Lipinski definition) is 0. The van der Waals surface area contributed by atoms with Crippen LogP contribution < -0.4 is 0 Å². The largest absolute Gasteiger partial charge is 0.463 e. The second kappa shape index (κ2) is 3.82. The van der Waals surface area contributed by atoms with Crippen molar-refractivity contribution in [2.45, 2.75) is 6.92 Å². The Kier molecular flexibility index (Phi) is 3.62. The number of rotatable bonds is 2. The molecule has 0 rings (SSSR count). The van der Waals surface area contributed by atoms with E-state index in [4.69, 9.17) is 0 Å². The third-order valence-electron chi connectivity index (χ3n) is 0.404. The first-order chi connectivity index (χ1) is 3.31. The van der Waals surface area contributed by atoms with Crippen molar-refractivity contribution >= 4 is 20.6 Å². The van der Waals surface area contributed by atoms with Crippen molar-refractivity contribution in [1.29, 1.82) is 0 Å². The molecule has 2 nitrogen and oxygen atoms in total. The summed E-state index contributed by atoms with van der Waals surface area (Å²) in [5.74, 6) is 0.864.